The van der Waals surface area contributed by atoms with Crippen molar-refractivity contribution in [2.75, 3.05) is 0 Å². The fraction of sp³-hybridized carbons (Fsp3) is 0.273. The Morgan fingerprint density at radius 2 is 2.19 bits per heavy atom. The molecule has 0 aliphatic heterocycles. The lowest BCUT2D eigenvalue weighted by Crippen LogP contribution is -2.24. The average Bonchev–Trinajstić information content (AvgIpc) is 2.31. The minimum absolute atomic E-state index is 0.116. The summed E-state index contributed by atoms with van der Waals surface area (Å²) >= 11 is 6.49. The summed E-state index contributed by atoms with van der Waals surface area (Å²) in [5.74, 6) is 0. The molecule has 0 bridgehead atoms. The maximum Gasteiger partial charge on any atom is 0.282 e. The summed E-state index contributed by atoms with van der Waals surface area (Å²) in [5, 5.41) is 4.09. The number of hydrogen-bond donors (Lipinski definition) is 0. The number of halogens is 2. The molecule has 1 heterocycles. The Labute approximate surface area is 110 Å². The molecule has 1 aliphatic rings. The van der Waals surface area contributed by atoms with Gasteiger partial charge in [0.2, 0.25) is 0 Å². The molecule has 1 aromatic rings. The molecule has 2 rings (SSSR count). The first-order chi connectivity index (χ1) is 7.68. The van der Waals surface area contributed by atoms with Crippen LogP contribution < -0.4 is 5.56 Å². The van der Waals surface area contributed by atoms with Crippen molar-refractivity contribution >= 4 is 31.9 Å². The van der Waals surface area contributed by atoms with Crippen LogP contribution in [0.4, 0.5) is 0 Å². The zero-order valence-electron chi connectivity index (χ0n) is 8.49. The zero-order chi connectivity index (χ0) is 11.5. The van der Waals surface area contributed by atoms with Crippen molar-refractivity contribution < 1.29 is 0 Å². The van der Waals surface area contributed by atoms with Crippen LogP contribution in [-0.2, 0) is 6.54 Å². The third-order valence-electron chi connectivity index (χ3n) is 2.35. The summed E-state index contributed by atoms with van der Waals surface area (Å²) in [6.45, 7) is 0.529. The lowest BCUT2D eigenvalue weighted by Gasteiger charge is -2.09. The fourth-order valence-electron chi connectivity index (χ4n) is 1.52. The standard InChI is InChI=1S/C11H10Br2N2O/c12-9-6-14-15(11(16)10(9)13)7-8-4-2-1-3-5-8/h2,4-6H,1,3,7H2. The second kappa shape index (κ2) is 5.10. The van der Waals surface area contributed by atoms with Crippen LogP contribution in [0.15, 0.2) is 43.7 Å². The number of rotatable bonds is 2. The normalized spacial score (nSPS) is 15.0. The second-order valence-corrected chi connectivity index (χ2v) is 5.18. The lowest BCUT2D eigenvalue weighted by atomic mass is 10.1. The van der Waals surface area contributed by atoms with Crippen LogP contribution >= 0.6 is 31.9 Å². The molecule has 1 aliphatic carbocycles. The summed E-state index contributed by atoms with van der Waals surface area (Å²) < 4.78 is 2.65. The predicted octanol–water partition coefficient (Wildman–Crippen LogP) is 3.04. The van der Waals surface area contributed by atoms with E-state index in [1.165, 1.54) is 4.68 Å². The third kappa shape index (κ3) is 2.52. The third-order valence-corrected chi connectivity index (χ3v) is 4.25. The van der Waals surface area contributed by atoms with Crippen molar-refractivity contribution in [3.63, 3.8) is 0 Å². The van der Waals surface area contributed by atoms with E-state index >= 15 is 0 Å². The minimum atomic E-state index is -0.116. The van der Waals surface area contributed by atoms with Gasteiger partial charge in [0.05, 0.1) is 17.2 Å². The summed E-state index contributed by atoms with van der Waals surface area (Å²) in [6, 6.07) is 0. The molecule has 5 heteroatoms. The summed E-state index contributed by atoms with van der Waals surface area (Å²) in [6.07, 6.45) is 10.1. The quantitative estimate of drug-likeness (QED) is 0.825. The summed E-state index contributed by atoms with van der Waals surface area (Å²) in [7, 11) is 0. The minimum Gasteiger partial charge on any atom is -0.266 e. The van der Waals surface area contributed by atoms with E-state index in [0.717, 1.165) is 18.4 Å². The van der Waals surface area contributed by atoms with Crippen LogP contribution in [0.3, 0.4) is 0 Å². The first-order valence-electron chi connectivity index (χ1n) is 4.95. The van der Waals surface area contributed by atoms with E-state index < -0.39 is 0 Å². The number of allylic oxidation sites excluding steroid dienone is 4. The van der Waals surface area contributed by atoms with Crippen molar-refractivity contribution in [1.29, 1.82) is 0 Å². The van der Waals surface area contributed by atoms with Crippen molar-refractivity contribution in [3.05, 3.63) is 49.3 Å². The molecule has 0 amide bonds. The van der Waals surface area contributed by atoms with Gasteiger partial charge < -0.3 is 0 Å². The topological polar surface area (TPSA) is 34.9 Å². The van der Waals surface area contributed by atoms with E-state index in [2.05, 4.69) is 49.1 Å². The van der Waals surface area contributed by atoms with Gasteiger partial charge in [0.15, 0.2) is 0 Å². The molecule has 0 fully saturated rings. The van der Waals surface area contributed by atoms with Gasteiger partial charge in [-0.05, 0) is 50.3 Å². The van der Waals surface area contributed by atoms with Crippen LogP contribution in [0, 0.1) is 0 Å². The second-order valence-electron chi connectivity index (χ2n) is 3.53. The monoisotopic (exact) mass is 344 g/mol. The molecule has 16 heavy (non-hydrogen) atoms. The highest BCUT2D eigenvalue weighted by Crippen LogP contribution is 2.17. The molecule has 3 nitrogen and oxygen atoms in total. The first kappa shape index (κ1) is 11.8. The Morgan fingerprint density at radius 1 is 1.38 bits per heavy atom. The van der Waals surface area contributed by atoms with E-state index in [1.54, 1.807) is 6.20 Å². The molecule has 0 radical (unpaired) electrons. The Bertz CT molecular complexity index is 517. The fourth-order valence-corrected chi connectivity index (χ4v) is 2.08. The average molecular weight is 346 g/mol. The summed E-state index contributed by atoms with van der Waals surface area (Å²) in [4.78, 5) is 11.8. The van der Waals surface area contributed by atoms with E-state index in [0.29, 0.717) is 15.5 Å². The Morgan fingerprint density at radius 3 is 2.88 bits per heavy atom. The van der Waals surface area contributed by atoms with Crippen LogP contribution in [0.1, 0.15) is 12.8 Å². The van der Waals surface area contributed by atoms with Gasteiger partial charge in [-0.1, -0.05) is 18.2 Å². The van der Waals surface area contributed by atoms with Gasteiger partial charge in [0.25, 0.3) is 5.56 Å². The predicted molar refractivity (Wildman–Crippen MR) is 70.4 cm³/mol. The first-order valence-corrected chi connectivity index (χ1v) is 6.54. The van der Waals surface area contributed by atoms with Gasteiger partial charge in [-0.25, -0.2) is 4.68 Å². The van der Waals surface area contributed by atoms with Crippen LogP contribution in [0.25, 0.3) is 0 Å². The molecule has 0 saturated carbocycles. The smallest absolute Gasteiger partial charge is 0.266 e. The van der Waals surface area contributed by atoms with E-state index in [1.807, 2.05) is 6.08 Å². The Kier molecular flexibility index (Phi) is 3.76. The number of hydrogen-bond acceptors (Lipinski definition) is 2. The maximum absolute atomic E-state index is 11.8. The van der Waals surface area contributed by atoms with E-state index in [-0.39, 0.29) is 5.56 Å². The Balaban J connectivity index is 2.29. The van der Waals surface area contributed by atoms with E-state index in [9.17, 15) is 4.79 Å². The highest BCUT2D eigenvalue weighted by atomic mass is 79.9. The maximum atomic E-state index is 11.8. The molecular formula is C11H10Br2N2O. The molecule has 0 saturated heterocycles. The summed E-state index contributed by atoms with van der Waals surface area (Å²) in [5.41, 5.74) is 1.02. The van der Waals surface area contributed by atoms with Gasteiger partial charge in [-0.2, -0.15) is 5.10 Å². The lowest BCUT2D eigenvalue weighted by molar-refractivity contribution is 0.629. The van der Waals surface area contributed by atoms with Crippen molar-refractivity contribution in [3.8, 4) is 0 Å². The van der Waals surface area contributed by atoms with Gasteiger partial charge in [-0.15, -0.1) is 0 Å². The zero-order valence-corrected chi connectivity index (χ0v) is 11.7. The van der Waals surface area contributed by atoms with Crippen LogP contribution in [0.2, 0.25) is 0 Å². The number of aromatic nitrogens is 2. The van der Waals surface area contributed by atoms with Gasteiger partial charge in [-0.3, -0.25) is 4.79 Å². The van der Waals surface area contributed by atoms with Gasteiger partial charge >= 0.3 is 0 Å². The molecule has 0 aromatic carbocycles. The van der Waals surface area contributed by atoms with Crippen LogP contribution in [-0.4, -0.2) is 9.78 Å². The SMILES string of the molecule is O=c1c(Br)c(Br)cnn1CC1=CCCC=C1. The molecule has 0 spiro atoms. The molecule has 84 valence electrons. The molecule has 0 unspecified atom stereocenters. The molecular weight excluding hydrogens is 336 g/mol. The van der Waals surface area contributed by atoms with Crippen molar-refractivity contribution in [1.82, 2.24) is 9.78 Å². The van der Waals surface area contributed by atoms with E-state index in [4.69, 9.17) is 0 Å². The van der Waals surface area contributed by atoms with Gasteiger partial charge in [0, 0.05) is 0 Å². The van der Waals surface area contributed by atoms with Gasteiger partial charge in [0.1, 0.15) is 4.47 Å². The highest BCUT2D eigenvalue weighted by molar-refractivity contribution is 9.13. The Hall–Kier alpha value is -0.680. The van der Waals surface area contributed by atoms with Crippen molar-refractivity contribution in [2.45, 2.75) is 19.4 Å². The highest BCUT2D eigenvalue weighted by Gasteiger charge is 2.07. The number of nitrogens with zero attached hydrogens (tertiary/aromatic N) is 2. The molecule has 0 N–H and O–H groups in total. The molecule has 0 atom stereocenters. The van der Waals surface area contributed by atoms with Crippen LogP contribution in [0.5, 0.6) is 0 Å². The molecule has 1 aromatic heterocycles. The van der Waals surface area contributed by atoms with Crippen molar-refractivity contribution in [2.24, 2.45) is 0 Å². The largest absolute Gasteiger partial charge is 0.282 e.